The minimum absolute atomic E-state index is 0.591. The minimum atomic E-state index is 0.591. The molecule has 0 aliphatic carbocycles. The Morgan fingerprint density at radius 1 is 1.50 bits per heavy atom. The quantitative estimate of drug-likeness (QED) is 0.679. The maximum atomic E-state index is 4.16. The van der Waals surface area contributed by atoms with Crippen molar-refractivity contribution in [3.05, 3.63) is 12.3 Å². The fourth-order valence-electron chi connectivity index (χ4n) is 2.12. The maximum absolute atomic E-state index is 4.16. The Hall–Kier alpha value is -0.500. The zero-order chi connectivity index (χ0) is 10.7. The molecule has 0 saturated carbocycles. The van der Waals surface area contributed by atoms with Crippen LogP contribution in [0.1, 0.15) is 20.3 Å². The van der Waals surface area contributed by atoms with Crippen molar-refractivity contribution >= 4 is 0 Å². The van der Waals surface area contributed by atoms with Gasteiger partial charge in [0, 0.05) is 25.3 Å². The summed E-state index contributed by atoms with van der Waals surface area (Å²) >= 11 is 0. The zero-order valence-electron chi connectivity index (χ0n) is 10.1. The molecule has 1 aliphatic heterocycles. The number of allylic oxidation sites excluding steroid dienone is 1. The number of hydrogen-bond donors (Lipinski definition) is 0. The predicted octanol–water partition coefficient (Wildman–Crippen LogP) is 2.04. The van der Waals surface area contributed by atoms with Gasteiger partial charge in [-0.3, -0.25) is 0 Å². The lowest BCUT2D eigenvalue weighted by molar-refractivity contribution is 0.310. The van der Waals surface area contributed by atoms with Crippen LogP contribution >= 0.6 is 0 Å². The van der Waals surface area contributed by atoms with Crippen LogP contribution in [-0.4, -0.2) is 43.5 Å². The second kappa shape index (κ2) is 4.83. The van der Waals surface area contributed by atoms with Crippen LogP contribution in [0.15, 0.2) is 12.3 Å². The van der Waals surface area contributed by atoms with Gasteiger partial charge in [-0.05, 0) is 32.4 Å². The molecule has 0 amide bonds. The maximum Gasteiger partial charge on any atom is 0.0216 e. The van der Waals surface area contributed by atoms with E-state index < -0.39 is 0 Å². The van der Waals surface area contributed by atoms with Crippen LogP contribution in [0.25, 0.3) is 0 Å². The van der Waals surface area contributed by atoms with Gasteiger partial charge in [-0.2, -0.15) is 0 Å². The molecule has 1 aliphatic rings. The van der Waals surface area contributed by atoms with Gasteiger partial charge in [0.15, 0.2) is 0 Å². The van der Waals surface area contributed by atoms with Crippen molar-refractivity contribution in [2.24, 2.45) is 11.8 Å². The molecule has 1 fully saturated rings. The standard InChI is InChI=1S/C12H24N2/c1-10(2)11(3)14-7-6-12(9-14)8-13(4)5/h10,12H,3,6-9H2,1-2,4-5H3. The summed E-state index contributed by atoms with van der Waals surface area (Å²) < 4.78 is 0. The Morgan fingerprint density at radius 2 is 2.14 bits per heavy atom. The molecular formula is C12H24N2. The molecule has 2 nitrogen and oxygen atoms in total. The van der Waals surface area contributed by atoms with E-state index in [2.05, 4.69) is 44.3 Å². The van der Waals surface area contributed by atoms with Crippen molar-refractivity contribution in [2.45, 2.75) is 20.3 Å². The third-order valence-electron chi connectivity index (χ3n) is 2.98. The summed E-state index contributed by atoms with van der Waals surface area (Å²) in [5.41, 5.74) is 1.31. The summed E-state index contributed by atoms with van der Waals surface area (Å²) in [7, 11) is 4.31. The first-order valence-electron chi connectivity index (χ1n) is 5.59. The van der Waals surface area contributed by atoms with Crippen LogP contribution in [0.5, 0.6) is 0 Å². The summed E-state index contributed by atoms with van der Waals surface area (Å²) in [6, 6.07) is 0. The molecule has 0 aromatic rings. The van der Waals surface area contributed by atoms with Crippen LogP contribution < -0.4 is 0 Å². The van der Waals surface area contributed by atoms with Crippen LogP contribution in [0.2, 0.25) is 0 Å². The van der Waals surface area contributed by atoms with E-state index in [1.807, 2.05) is 0 Å². The summed E-state index contributed by atoms with van der Waals surface area (Å²) in [6.07, 6.45) is 1.32. The first-order chi connectivity index (χ1) is 6.50. The van der Waals surface area contributed by atoms with Crippen LogP contribution in [0, 0.1) is 11.8 Å². The SMILES string of the molecule is C=C(C(C)C)N1CCC(CN(C)C)C1. The van der Waals surface area contributed by atoms with E-state index in [9.17, 15) is 0 Å². The molecule has 0 radical (unpaired) electrons. The minimum Gasteiger partial charge on any atom is -0.375 e. The largest absolute Gasteiger partial charge is 0.375 e. The lowest BCUT2D eigenvalue weighted by Gasteiger charge is -2.24. The highest BCUT2D eigenvalue weighted by Gasteiger charge is 2.24. The van der Waals surface area contributed by atoms with E-state index in [1.54, 1.807) is 0 Å². The second-order valence-corrected chi connectivity index (χ2v) is 5.01. The van der Waals surface area contributed by atoms with Crippen LogP contribution in [0.3, 0.4) is 0 Å². The van der Waals surface area contributed by atoms with Crippen molar-refractivity contribution in [2.75, 3.05) is 33.7 Å². The molecular weight excluding hydrogens is 172 g/mol. The van der Waals surface area contributed by atoms with Gasteiger partial charge in [-0.25, -0.2) is 0 Å². The molecule has 1 atom stereocenters. The predicted molar refractivity (Wildman–Crippen MR) is 62.2 cm³/mol. The highest BCUT2D eigenvalue weighted by Crippen LogP contribution is 2.23. The molecule has 1 saturated heterocycles. The molecule has 0 aromatic heterocycles. The molecule has 0 N–H and O–H groups in total. The van der Waals surface area contributed by atoms with Crippen molar-refractivity contribution in [1.82, 2.24) is 9.80 Å². The van der Waals surface area contributed by atoms with Crippen LogP contribution in [-0.2, 0) is 0 Å². The summed E-state index contributed by atoms with van der Waals surface area (Å²) in [6.45, 7) is 12.2. The fraction of sp³-hybridized carbons (Fsp3) is 0.833. The van der Waals surface area contributed by atoms with Gasteiger partial charge >= 0.3 is 0 Å². The van der Waals surface area contributed by atoms with Crippen molar-refractivity contribution in [3.8, 4) is 0 Å². The van der Waals surface area contributed by atoms with Gasteiger partial charge < -0.3 is 9.80 Å². The Kier molecular flexibility index (Phi) is 3.99. The monoisotopic (exact) mass is 196 g/mol. The van der Waals surface area contributed by atoms with Crippen molar-refractivity contribution in [3.63, 3.8) is 0 Å². The third kappa shape index (κ3) is 3.02. The van der Waals surface area contributed by atoms with E-state index in [0.29, 0.717) is 5.92 Å². The van der Waals surface area contributed by atoms with Gasteiger partial charge in [-0.1, -0.05) is 20.4 Å². The van der Waals surface area contributed by atoms with E-state index >= 15 is 0 Å². The average Bonchev–Trinajstić information content (AvgIpc) is 2.50. The van der Waals surface area contributed by atoms with Gasteiger partial charge in [0.05, 0.1) is 0 Å². The summed E-state index contributed by atoms with van der Waals surface area (Å²) in [4.78, 5) is 4.74. The molecule has 14 heavy (non-hydrogen) atoms. The number of rotatable bonds is 4. The topological polar surface area (TPSA) is 6.48 Å². The Bertz CT molecular complexity index is 196. The molecule has 1 rings (SSSR count). The summed E-state index contributed by atoms with van der Waals surface area (Å²) in [5, 5.41) is 0. The first-order valence-corrected chi connectivity index (χ1v) is 5.59. The van der Waals surface area contributed by atoms with Crippen molar-refractivity contribution in [1.29, 1.82) is 0 Å². The molecule has 1 heterocycles. The first kappa shape index (κ1) is 11.6. The normalized spacial score (nSPS) is 22.4. The van der Waals surface area contributed by atoms with E-state index in [0.717, 1.165) is 5.92 Å². The lowest BCUT2D eigenvalue weighted by Crippen LogP contribution is -2.26. The van der Waals surface area contributed by atoms with E-state index in [4.69, 9.17) is 0 Å². The van der Waals surface area contributed by atoms with Crippen molar-refractivity contribution < 1.29 is 0 Å². The highest BCUT2D eigenvalue weighted by molar-refractivity contribution is 5.00. The molecule has 0 aromatic carbocycles. The lowest BCUT2D eigenvalue weighted by atomic mass is 10.1. The average molecular weight is 196 g/mol. The molecule has 0 spiro atoms. The Balaban J connectivity index is 2.37. The number of likely N-dealkylation sites (tertiary alicyclic amines) is 1. The van der Waals surface area contributed by atoms with E-state index in [1.165, 1.54) is 31.8 Å². The van der Waals surface area contributed by atoms with Gasteiger partial charge in [0.1, 0.15) is 0 Å². The third-order valence-corrected chi connectivity index (χ3v) is 2.98. The Morgan fingerprint density at radius 3 is 2.64 bits per heavy atom. The number of nitrogens with zero attached hydrogens (tertiary/aromatic N) is 2. The fourth-order valence-corrected chi connectivity index (χ4v) is 2.12. The molecule has 1 unspecified atom stereocenters. The smallest absolute Gasteiger partial charge is 0.0216 e. The highest BCUT2D eigenvalue weighted by atomic mass is 15.2. The molecule has 2 heteroatoms. The van der Waals surface area contributed by atoms with Crippen LogP contribution in [0.4, 0.5) is 0 Å². The summed E-state index contributed by atoms with van der Waals surface area (Å²) in [5.74, 6) is 1.42. The Labute approximate surface area is 88.6 Å². The van der Waals surface area contributed by atoms with Gasteiger partial charge in [-0.15, -0.1) is 0 Å². The van der Waals surface area contributed by atoms with E-state index in [-0.39, 0.29) is 0 Å². The second-order valence-electron chi connectivity index (χ2n) is 5.01. The van der Waals surface area contributed by atoms with Gasteiger partial charge in [0.2, 0.25) is 0 Å². The molecule has 82 valence electrons. The number of hydrogen-bond acceptors (Lipinski definition) is 2. The van der Waals surface area contributed by atoms with Gasteiger partial charge in [0.25, 0.3) is 0 Å². The molecule has 0 bridgehead atoms. The zero-order valence-corrected chi connectivity index (χ0v) is 10.1.